The summed E-state index contributed by atoms with van der Waals surface area (Å²) in [5, 5.41) is 0. The van der Waals surface area contributed by atoms with Crippen molar-refractivity contribution in [2.24, 2.45) is 0 Å². The normalized spacial score (nSPS) is 14.2. The molecule has 0 bridgehead atoms. The van der Waals surface area contributed by atoms with Crippen LogP contribution in [0.15, 0.2) is 24.3 Å². The first kappa shape index (κ1) is 10.6. The molecule has 0 spiro atoms. The van der Waals surface area contributed by atoms with Gasteiger partial charge in [0.05, 0.1) is 0 Å². The third-order valence-corrected chi connectivity index (χ3v) is 2.55. The van der Waals surface area contributed by atoms with E-state index in [9.17, 15) is 13.2 Å². The van der Waals surface area contributed by atoms with Crippen LogP contribution in [-0.2, 0) is 6.18 Å². The first-order valence-electron chi connectivity index (χ1n) is 3.84. The first-order valence-corrected chi connectivity index (χ1v) is 5.24. The van der Waals surface area contributed by atoms with Crippen LogP contribution in [0.1, 0.15) is 22.8 Å². The summed E-state index contributed by atoms with van der Waals surface area (Å²) >= 11 is 1.42. The van der Waals surface area contributed by atoms with Gasteiger partial charge in [0.2, 0.25) is 0 Å². The van der Waals surface area contributed by atoms with E-state index in [-0.39, 0.29) is 4.71 Å². The number of alkyl halides is 3. The molecule has 0 aromatic heterocycles. The van der Waals surface area contributed by atoms with Crippen molar-refractivity contribution in [3.8, 4) is 0 Å². The number of benzene rings is 1. The van der Waals surface area contributed by atoms with Gasteiger partial charge in [0.1, 0.15) is 0 Å². The van der Waals surface area contributed by atoms with E-state index in [0.717, 1.165) is 11.6 Å². The van der Waals surface area contributed by atoms with Gasteiger partial charge in [-0.15, -0.1) is 0 Å². The standard InChI is InChI=1S/C9H10AsF3/c1-6(10)7-3-2-4-8(5-7)9(11,12)13/h2-6H,10H2,1H3. The summed E-state index contributed by atoms with van der Waals surface area (Å²) in [7, 11) is 0. The van der Waals surface area contributed by atoms with Gasteiger partial charge in [-0.1, -0.05) is 0 Å². The van der Waals surface area contributed by atoms with E-state index in [2.05, 4.69) is 0 Å². The van der Waals surface area contributed by atoms with Crippen LogP contribution in [0.2, 0.25) is 0 Å². The zero-order valence-corrected chi connectivity index (χ0v) is 9.52. The molecule has 0 nitrogen and oxygen atoms in total. The van der Waals surface area contributed by atoms with Crippen molar-refractivity contribution in [2.45, 2.75) is 17.8 Å². The summed E-state index contributed by atoms with van der Waals surface area (Å²) in [6, 6.07) is 5.49. The molecule has 2 atom stereocenters. The van der Waals surface area contributed by atoms with Crippen LogP contribution in [0.3, 0.4) is 0 Å². The van der Waals surface area contributed by atoms with Crippen LogP contribution in [-0.4, -0.2) is 16.9 Å². The molecular formula is C9H10AsF3. The Hall–Kier alpha value is -0.432. The van der Waals surface area contributed by atoms with E-state index in [4.69, 9.17) is 0 Å². The molecule has 13 heavy (non-hydrogen) atoms. The Morgan fingerprint density at radius 3 is 2.38 bits per heavy atom. The van der Waals surface area contributed by atoms with Crippen molar-refractivity contribution >= 4 is 16.9 Å². The fourth-order valence-electron chi connectivity index (χ4n) is 0.998. The van der Waals surface area contributed by atoms with E-state index in [1.807, 2.05) is 6.92 Å². The average Bonchev–Trinajstić information content (AvgIpc) is 2.03. The van der Waals surface area contributed by atoms with Gasteiger partial charge >= 0.3 is 83.2 Å². The fraction of sp³-hybridized carbons (Fsp3) is 0.333. The Bertz CT molecular complexity index is 291. The Balaban J connectivity index is 3.06. The Morgan fingerprint density at radius 1 is 1.31 bits per heavy atom. The molecule has 0 aliphatic rings. The molecule has 72 valence electrons. The molecule has 1 rings (SSSR count). The summed E-state index contributed by atoms with van der Waals surface area (Å²) in [6.07, 6.45) is -4.22. The summed E-state index contributed by atoms with van der Waals surface area (Å²) in [5.41, 5.74) is 0.185. The molecule has 0 saturated carbocycles. The molecule has 2 unspecified atom stereocenters. The third-order valence-electron chi connectivity index (χ3n) is 1.74. The predicted octanol–water partition coefficient (Wildman–Crippen LogP) is 2.40. The monoisotopic (exact) mass is 250 g/mol. The van der Waals surface area contributed by atoms with Gasteiger partial charge in [-0.2, -0.15) is 0 Å². The van der Waals surface area contributed by atoms with Gasteiger partial charge in [0.15, 0.2) is 0 Å². The number of rotatable bonds is 1. The zero-order valence-electron chi connectivity index (χ0n) is 7.10. The zero-order chi connectivity index (χ0) is 10.1. The third kappa shape index (κ3) is 2.77. The summed E-state index contributed by atoms with van der Waals surface area (Å²) in [5.74, 6) is 0. The average molecular weight is 250 g/mol. The van der Waals surface area contributed by atoms with Gasteiger partial charge in [0.25, 0.3) is 0 Å². The van der Waals surface area contributed by atoms with Crippen molar-refractivity contribution in [1.29, 1.82) is 0 Å². The van der Waals surface area contributed by atoms with Crippen molar-refractivity contribution in [2.75, 3.05) is 0 Å². The maximum absolute atomic E-state index is 12.2. The summed E-state index contributed by atoms with van der Waals surface area (Å²) in [4.78, 5) is 0. The second kappa shape index (κ2) is 3.75. The molecule has 0 fully saturated rings. The van der Waals surface area contributed by atoms with Crippen LogP contribution in [0.5, 0.6) is 0 Å². The molecule has 1 aromatic rings. The summed E-state index contributed by atoms with van der Waals surface area (Å²) in [6.45, 7) is 1.90. The van der Waals surface area contributed by atoms with Crippen LogP contribution >= 0.6 is 0 Å². The molecule has 0 saturated heterocycles. The van der Waals surface area contributed by atoms with E-state index in [1.165, 1.54) is 29.0 Å². The maximum atomic E-state index is 12.2. The minimum absolute atomic E-state index is 0.190. The van der Waals surface area contributed by atoms with Crippen LogP contribution < -0.4 is 0 Å². The van der Waals surface area contributed by atoms with Gasteiger partial charge in [-0.3, -0.25) is 0 Å². The molecule has 0 radical (unpaired) electrons. The fourth-order valence-corrected chi connectivity index (χ4v) is 1.43. The topological polar surface area (TPSA) is 0 Å². The predicted molar refractivity (Wildman–Crippen MR) is 48.4 cm³/mol. The second-order valence-electron chi connectivity index (χ2n) is 2.91. The molecule has 0 aliphatic heterocycles. The van der Waals surface area contributed by atoms with E-state index in [1.54, 1.807) is 6.07 Å². The molecule has 0 aliphatic carbocycles. The second-order valence-corrected chi connectivity index (χ2v) is 5.01. The van der Waals surface area contributed by atoms with Crippen molar-refractivity contribution < 1.29 is 13.2 Å². The van der Waals surface area contributed by atoms with Gasteiger partial charge in [-0.05, 0) is 0 Å². The van der Waals surface area contributed by atoms with Crippen LogP contribution in [0.25, 0.3) is 0 Å². The Morgan fingerprint density at radius 2 is 1.92 bits per heavy atom. The Labute approximate surface area is 83.6 Å². The molecule has 0 amide bonds. The van der Waals surface area contributed by atoms with Crippen LogP contribution in [0.4, 0.5) is 13.2 Å². The van der Waals surface area contributed by atoms with E-state index >= 15 is 0 Å². The van der Waals surface area contributed by atoms with Crippen LogP contribution in [0, 0.1) is 0 Å². The minimum atomic E-state index is -4.22. The van der Waals surface area contributed by atoms with Gasteiger partial charge < -0.3 is 0 Å². The number of hydrogen-bond donors (Lipinski definition) is 0. The molecule has 1 aromatic carbocycles. The van der Waals surface area contributed by atoms with Crippen molar-refractivity contribution in [3.63, 3.8) is 0 Å². The molecular weight excluding hydrogens is 240 g/mol. The summed E-state index contributed by atoms with van der Waals surface area (Å²) < 4.78 is 36.9. The van der Waals surface area contributed by atoms with Gasteiger partial charge in [-0.25, -0.2) is 0 Å². The quantitative estimate of drug-likeness (QED) is 0.671. The van der Waals surface area contributed by atoms with E-state index < -0.39 is 11.7 Å². The number of hydrogen-bond acceptors (Lipinski definition) is 0. The number of halogens is 3. The van der Waals surface area contributed by atoms with Crippen molar-refractivity contribution in [3.05, 3.63) is 35.4 Å². The molecule has 4 heteroatoms. The SMILES string of the molecule is CC([AsH2])c1cccc(C(F)(F)F)c1. The molecule has 0 N–H and O–H groups in total. The van der Waals surface area contributed by atoms with Crippen molar-refractivity contribution in [1.82, 2.24) is 0 Å². The van der Waals surface area contributed by atoms with E-state index in [0.29, 0.717) is 0 Å². The molecule has 0 heterocycles. The first-order chi connectivity index (χ1) is 5.91. The van der Waals surface area contributed by atoms with Gasteiger partial charge in [0, 0.05) is 0 Å². The Kier molecular flexibility index (Phi) is 3.07.